The minimum atomic E-state index is -4.43. The first kappa shape index (κ1) is 16.2. The van der Waals surface area contributed by atoms with Crippen molar-refractivity contribution < 1.29 is 17.7 Å². The summed E-state index contributed by atoms with van der Waals surface area (Å²) in [4.78, 5) is 11.5. The van der Waals surface area contributed by atoms with Crippen LogP contribution in [-0.4, -0.2) is 28.1 Å². The summed E-state index contributed by atoms with van der Waals surface area (Å²) in [5, 5.41) is 10.8. The number of hydrogen-bond acceptors (Lipinski definition) is 6. The van der Waals surface area contributed by atoms with Gasteiger partial charge in [0, 0.05) is 19.4 Å². The molecule has 2 heterocycles. The molecule has 0 radical (unpaired) electrons. The van der Waals surface area contributed by atoms with Crippen molar-refractivity contribution >= 4 is 17.3 Å². The minimum Gasteiger partial charge on any atom is -0.350 e. The highest BCUT2D eigenvalue weighted by molar-refractivity contribution is 7.09. The number of rotatable bonds is 4. The maximum atomic E-state index is 12.4. The van der Waals surface area contributed by atoms with E-state index < -0.39 is 11.9 Å². The van der Waals surface area contributed by atoms with Crippen molar-refractivity contribution in [3.8, 4) is 0 Å². The SMILES string of the molecule is CN=C(NCc1noc(C)n1)NCc1nc(C(F)(F)F)cs1. The van der Waals surface area contributed by atoms with Crippen LogP contribution in [0.3, 0.4) is 0 Å². The first-order valence-electron chi connectivity index (χ1n) is 6.14. The van der Waals surface area contributed by atoms with Crippen molar-refractivity contribution in [2.24, 2.45) is 4.99 Å². The van der Waals surface area contributed by atoms with Crippen LogP contribution < -0.4 is 10.6 Å². The molecule has 0 aliphatic carbocycles. The van der Waals surface area contributed by atoms with Gasteiger partial charge in [-0.15, -0.1) is 11.3 Å². The molecule has 2 aromatic rings. The van der Waals surface area contributed by atoms with E-state index in [-0.39, 0.29) is 13.1 Å². The summed E-state index contributed by atoms with van der Waals surface area (Å²) in [6, 6.07) is 0. The molecule has 0 spiro atoms. The van der Waals surface area contributed by atoms with Crippen LogP contribution in [0.2, 0.25) is 0 Å². The van der Waals surface area contributed by atoms with E-state index in [9.17, 15) is 13.2 Å². The van der Waals surface area contributed by atoms with Crippen LogP contribution in [0.15, 0.2) is 14.9 Å². The molecule has 22 heavy (non-hydrogen) atoms. The lowest BCUT2D eigenvalue weighted by Crippen LogP contribution is -2.36. The molecular formula is C11H13F3N6OS. The lowest BCUT2D eigenvalue weighted by molar-refractivity contribution is -0.140. The smallest absolute Gasteiger partial charge is 0.350 e. The number of nitrogens with one attached hydrogen (secondary N) is 2. The number of guanidine groups is 1. The third kappa shape index (κ3) is 4.41. The highest BCUT2D eigenvalue weighted by Gasteiger charge is 2.33. The van der Waals surface area contributed by atoms with Crippen molar-refractivity contribution in [2.75, 3.05) is 7.05 Å². The van der Waals surface area contributed by atoms with Gasteiger partial charge >= 0.3 is 6.18 Å². The molecule has 2 rings (SSSR count). The second-order valence-electron chi connectivity index (χ2n) is 4.13. The number of aliphatic imine (C=N–C) groups is 1. The van der Waals surface area contributed by atoms with Gasteiger partial charge in [0.05, 0.1) is 13.1 Å². The number of halogens is 3. The summed E-state index contributed by atoms with van der Waals surface area (Å²) in [5.74, 6) is 1.29. The van der Waals surface area contributed by atoms with E-state index in [0.717, 1.165) is 16.7 Å². The van der Waals surface area contributed by atoms with E-state index in [4.69, 9.17) is 4.52 Å². The lowest BCUT2D eigenvalue weighted by Gasteiger charge is -2.08. The topological polar surface area (TPSA) is 88.2 Å². The Hall–Kier alpha value is -2.17. The fourth-order valence-corrected chi connectivity index (χ4v) is 2.22. The third-order valence-corrected chi connectivity index (χ3v) is 3.31. The molecule has 7 nitrogen and oxygen atoms in total. The van der Waals surface area contributed by atoms with E-state index >= 15 is 0 Å². The molecule has 2 aromatic heterocycles. The molecule has 0 bridgehead atoms. The molecule has 0 atom stereocenters. The lowest BCUT2D eigenvalue weighted by atomic mass is 10.5. The van der Waals surface area contributed by atoms with Crippen molar-refractivity contribution in [2.45, 2.75) is 26.2 Å². The van der Waals surface area contributed by atoms with Crippen LogP contribution in [-0.2, 0) is 19.3 Å². The standard InChI is InChI=1S/C11H13F3N6OS/c1-6-18-8(20-21-6)3-16-10(15-2)17-4-9-19-7(5-22-9)11(12,13)14/h5H,3-4H2,1-2H3,(H2,15,16,17). The molecule has 0 aliphatic rings. The minimum absolute atomic E-state index is 0.131. The van der Waals surface area contributed by atoms with Crippen LogP contribution in [0.5, 0.6) is 0 Å². The highest BCUT2D eigenvalue weighted by atomic mass is 32.1. The number of thiazole rings is 1. The number of nitrogens with zero attached hydrogens (tertiary/aromatic N) is 4. The largest absolute Gasteiger partial charge is 0.434 e. The predicted molar refractivity (Wildman–Crippen MR) is 73.2 cm³/mol. The molecule has 0 fully saturated rings. The fraction of sp³-hybridized carbons (Fsp3) is 0.455. The molecular weight excluding hydrogens is 321 g/mol. The van der Waals surface area contributed by atoms with E-state index in [1.165, 1.54) is 0 Å². The second-order valence-corrected chi connectivity index (χ2v) is 5.08. The number of hydrogen-bond donors (Lipinski definition) is 2. The van der Waals surface area contributed by atoms with E-state index in [0.29, 0.717) is 22.7 Å². The Morgan fingerprint density at radius 3 is 2.59 bits per heavy atom. The molecule has 0 unspecified atom stereocenters. The Balaban J connectivity index is 1.85. The zero-order valence-electron chi connectivity index (χ0n) is 11.7. The van der Waals surface area contributed by atoms with Crippen LogP contribution >= 0.6 is 11.3 Å². The predicted octanol–water partition coefficient (Wildman–Crippen LogP) is 1.72. The Morgan fingerprint density at radius 2 is 2.05 bits per heavy atom. The summed E-state index contributed by atoms with van der Waals surface area (Å²) in [7, 11) is 1.54. The van der Waals surface area contributed by atoms with Gasteiger partial charge < -0.3 is 15.2 Å². The van der Waals surface area contributed by atoms with Gasteiger partial charge in [0.1, 0.15) is 5.01 Å². The monoisotopic (exact) mass is 334 g/mol. The number of aromatic nitrogens is 3. The van der Waals surface area contributed by atoms with Gasteiger partial charge in [-0.2, -0.15) is 18.2 Å². The molecule has 120 valence electrons. The zero-order valence-corrected chi connectivity index (χ0v) is 12.5. The average molecular weight is 334 g/mol. The van der Waals surface area contributed by atoms with Gasteiger partial charge in [-0.25, -0.2) is 4.98 Å². The summed E-state index contributed by atoms with van der Waals surface area (Å²) in [5.41, 5.74) is -0.889. The maximum Gasteiger partial charge on any atom is 0.434 e. The molecule has 2 N–H and O–H groups in total. The molecule has 0 saturated carbocycles. The highest BCUT2D eigenvalue weighted by Crippen LogP contribution is 2.29. The van der Waals surface area contributed by atoms with E-state index in [1.54, 1.807) is 14.0 Å². The van der Waals surface area contributed by atoms with Crippen LogP contribution in [0.4, 0.5) is 13.2 Å². The number of aryl methyl sites for hydroxylation is 1. The first-order valence-corrected chi connectivity index (χ1v) is 7.01. The molecule has 0 aliphatic heterocycles. The second kappa shape index (κ2) is 6.73. The summed E-state index contributed by atoms with van der Waals surface area (Å²) in [6.07, 6.45) is -4.43. The molecule has 0 amide bonds. The van der Waals surface area contributed by atoms with Crippen molar-refractivity contribution in [3.05, 3.63) is 27.8 Å². The van der Waals surface area contributed by atoms with Crippen LogP contribution in [0, 0.1) is 6.92 Å². The van der Waals surface area contributed by atoms with Gasteiger partial charge in [-0.05, 0) is 0 Å². The third-order valence-electron chi connectivity index (χ3n) is 2.46. The van der Waals surface area contributed by atoms with Crippen molar-refractivity contribution in [1.29, 1.82) is 0 Å². The Labute approximate surface area is 127 Å². The van der Waals surface area contributed by atoms with Crippen molar-refractivity contribution in [3.63, 3.8) is 0 Å². The van der Waals surface area contributed by atoms with Crippen LogP contribution in [0.25, 0.3) is 0 Å². The number of alkyl halides is 3. The molecule has 0 aromatic carbocycles. The summed E-state index contributed by atoms with van der Waals surface area (Å²) >= 11 is 0.931. The van der Waals surface area contributed by atoms with Crippen molar-refractivity contribution in [1.82, 2.24) is 25.8 Å². The van der Waals surface area contributed by atoms with Gasteiger partial charge in [0.2, 0.25) is 5.89 Å². The fourth-order valence-electron chi connectivity index (χ4n) is 1.48. The van der Waals surface area contributed by atoms with Gasteiger partial charge in [-0.1, -0.05) is 5.16 Å². The Bertz CT molecular complexity index is 650. The zero-order chi connectivity index (χ0) is 16.2. The Morgan fingerprint density at radius 1 is 1.32 bits per heavy atom. The van der Waals surface area contributed by atoms with E-state index in [2.05, 4.69) is 30.8 Å². The summed E-state index contributed by atoms with van der Waals surface area (Å²) < 4.78 is 42.1. The van der Waals surface area contributed by atoms with Crippen LogP contribution in [0.1, 0.15) is 22.4 Å². The molecule has 11 heteroatoms. The first-order chi connectivity index (χ1) is 10.4. The average Bonchev–Trinajstić information content (AvgIpc) is 3.07. The Kier molecular flexibility index (Phi) is 4.96. The van der Waals surface area contributed by atoms with Gasteiger partial charge in [0.15, 0.2) is 17.5 Å². The van der Waals surface area contributed by atoms with Gasteiger partial charge in [0.25, 0.3) is 0 Å². The maximum absolute atomic E-state index is 12.4. The molecule has 0 saturated heterocycles. The van der Waals surface area contributed by atoms with E-state index in [1.807, 2.05) is 0 Å². The van der Waals surface area contributed by atoms with Gasteiger partial charge in [-0.3, -0.25) is 4.99 Å². The normalized spacial score (nSPS) is 12.5. The summed E-state index contributed by atoms with van der Waals surface area (Å²) in [6.45, 7) is 2.08. The quantitative estimate of drug-likeness (QED) is 0.654.